The zero-order chi connectivity index (χ0) is 13.9. The standard InChI is InChI=1S/C11H16O7/c1-2-3-8(13)18-7-5-11(17,10(15)16)4-6(12)9(7)14/h2-3,6-7,9,12,14,17H,4-5H2,1H3,(H,15,16)/b3-2-. The summed E-state index contributed by atoms with van der Waals surface area (Å²) in [6.07, 6.45) is -2.63. The van der Waals surface area contributed by atoms with Gasteiger partial charge in [0.25, 0.3) is 0 Å². The predicted octanol–water partition coefficient (Wildman–Crippen LogP) is -1.19. The highest BCUT2D eigenvalue weighted by molar-refractivity contribution is 5.82. The molecule has 0 aliphatic heterocycles. The van der Waals surface area contributed by atoms with E-state index in [9.17, 15) is 24.9 Å². The van der Waals surface area contributed by atoms with Gasteiger partial charge < -0.3 is 25.2 Å². The molecule has 0 heterocycles. The Balaban J connectivity index is 2.82. The van der Waals surface area contributed by atoms with E-state index in [2.05, 4.69) is 0 Å². The van der Waals surface area contributed by atoms with Crippen LogP contribution in [0.5, 0.6) is 0 Å². The Morgan fingerprint density at radius 1 is 1.33 bits per heavy atom. The summed E-state index contributed by atoms with van der Waals surface area (Å²) >= 11 is 0. The van der Waals surface area contributed by atoms with E-state index in [0.717, 1.165) is 6.08 Å². The van der Waals surface area contributed by atoms with Crippen molar-refractivity contribution in [3.05, 3.63) is 12.2 Å². The lowest BCUT2D eigenvalue weighted by Crippen LogP contribution is -2.57. The van der Waals surface area contributed by atoms with Crippen molar-refractivity contribution in [2.24, 2.45) is 0 Å². The summed E-state index contributed by atoms with van der Waals surface area (Å²) in [5.41, 5.74) is -2.21. The molecule has 1 aliphatic carbocycles. The number of carbonyl (C=O) groups is 2. The normalized spacial score (nSPS) is 36.6. The Morgan fingerprint density at radius 2 is 1.94 bits per heavy atom. The van der Waals surface area contributed by atoms with E-state index in [4.69, 9.17) is 9.84 Å². The van der Waals surface area contributed by atoms with Crippen molar-refractivity contribution in [2.75, 3.05) is 0 Å². The topological polar surface area (TPSA) is 124 Å². The molecule has 0 bridgehead atoms. The van der Waals surface area contributed by atoms with Gasteiger partial charge in [0.05, 0.1) is 6.10 Å². The molecule has 0 radical (unpaired) electrons. The summed E-state index contributed by atoms with van der Waals surface area (Å²) in [6.45, 7) is 1.58. The predicted molar refractivity (Wildman–Crippen MR) is 58.5 cm³/mol. The molecule has 0 spiro atoms. The van der Waals surface area contributed by atoms with E-state index in [1.54, 1.807) is 6.92 Å². The molecule has 1 rings (SSSR count). The monoisotopic (exact) mass is 260 g/mol. The van der Waals surface area contributed by atoms with E-state index in [-0.39, 0.29) is 0 Å². The third-order valence-corrected chi connectivity index (χ3v) is 2.83. The summed E-state index contributed by atoms with van der Waals surface area (Å²) in [5, 5.41) is 37.7. The molecular formula is C11H16O7. The number of hydrogen-bond acceptors (Lipinski definition) is 6. The van der Waals surface area contributed by atoms with Crippen LogP contribution in [0.4, 0.5) is 0 Å². The van der Waals surface area contributed by atoms with Gasteiger partial charge in [0.15, 0.2) is 5.60 Å². The molecule has 4 unspecified atom stereocenters. The molecule has 7 nitrogen and oxygen atoms in total. The summed E-state index contributed by atoms with van der Waals surface area (Å²) < 4.78 is 4.80. The molecule has 4 N–H and O–H groups in total. The Hall–Kier alpha value is -1.44. The Kier molecular flexibility index (Phi) is 4.44. The van der Waals surface area contributed by atoms with Gasteiger partial charge in [-0.2, -0.15) is 0 Å². The van der Waals surface area contributed by atoms with Crippen molar-refractivity contribution >= 4 is 11.9 Å². The number of rotatable bonds is 3. The number of aliphatic hydroxyl groups excluding tert-OH is 2. The van der Waals surface area contributed by atoms with Crippen LogP contribution >= 0.6 is 0 Å². The minimum Gasteiger partial charge on any atom is -0.479 e. The van der Waals surface area contributed by atoms with Crippen LogP contribution in [0.3, 0.4) is 0 Å². The van der Waals surface area contributed by atoms with Crippen molar-refractivity contribution in [3.63, 3.8) is 0 Å². The van der Waals surface area contributed by atoms with Crippen molar-refractivity contribution in [1.29, 1.82) is 0 Å². The van der Waals surface area contributed by atoms with Crippen LogP contribution in [0.2, 0.25) is 0 Å². The number of allylic oxidation sites excluding steroid dienone is 1. The van der Waals surface area contributed by atoms with E-state index >= 15 is 0 Å². The highest BCUT2D eigenvalue weighted by Gasteiger charge is 2.50. The third kappa shape index (κ3) is 3.06. The maximum atomic E-state index is 11.2. The molecular weight excluding hydrogens is 244 g/mol. The average Bonchev–Trinajstić information content (AvgIpc) is 2.25. The van der Waals surface area contributed by atoms with Gasteiger partial charge in [0.2, 0.25) is 0 Å². The molecule has 1 aliphatic rings. The number of hydrogen-bond donors (Lipinski definition) is 4. The second-order valence-corrected chi connectivity index (χ2v) is 4.28. The summed E-state index contributed by atoms with van der Waals surface area (Å²) in [7, 11) is 0. The lowest BCUT2D eigenvalue weighted by Gasteiger charge is -2.39. The highest BCUT2D eigenvalue weighted by Crippen LogP contribution is 2.31. The first-order valence-electron chi connectivity index (χ1n) is 5.45. The zero-order valence-electron chi connectivity index (χ0n) is 9.81. The fraction of sp³-hybridized carbons (Fsp3) is 0.636. The van der Waals surface area contributed by atoms with Crippen LogP contribution in [-0.4, -0.2) is 56.3 Å². The first kappa shape index (κ1) is 14.6. The average molecular weight is 260 g/mol. The molecule has 18 heavy (non-hydrogen) atoms. The smallest absolute Gasteiger partial charge is 0.335 e. The molecule has 0 amide bonds. The highest BCUT2D eigenvalue weighted by atomic mass is 16.6. The summed E-state index contributed by atoms with van der Waals surface area (Å²) in [6, 6.07) is 0. The van der Waals surface area contributed by atoms with Crippen molar-refractivity contribution < 1.29 is 34.8 Å². The lowest BCUT2D eigenvalue weighted by atomic mass is 9.79. The van der Waals surface area contributed by atoms with Crippen LogP contribution in [0.25, 0.3) is 0 Å². The minimum absolute atomic E-state index is 0.468. The largest absolute Gasteiger partial charge is 0.479 e. The summed E-state index contributed by atoms with van der Waals surface area (Å²) in [5.74, 6) is -2.30. The number of carbonyl (C=O) groups excluding carboxylic acids is 1. The van der Waals surface area contributed by atoms with Crippen LogP contribution in [0.15, 0.2) is 12.2 Å². The van der Waals surface area contributed by atoms with Gasteiger partial charge in [0.1, 0.15) is 12.2 Å². The van der Waals surface area contributed by atoms with Crippen molar-refractivity contribution in [1.82, 2.24) is 0 Å². The molecule has 0 saturated heterocycles. The van der Waals surface area contributed by atoms with E-state index in [1.807, 2.05) is 0 Å². The Morgan fingerprint density at radius 3 is 2.44 bits per heavy atom. The van der Waals surface area contributed by atoms with Gasteiger partial charge in [0, 0.05) is 18.9 Å². The zero-order valence-corrected chi connectivity index (χ0v) is 9.81. The van der Waals surface area contributed by atoms with E-state index in [1.165, 1.54) is 6.08 Å². The van der Waals surface area contributed by atoms with E-state index in [0.29, 0.717) is 0 Å². The van der Waals surface area contributed by atoms with Crippen LogP contribution in [-0.2, 0) is 14.3 Å². The SMILES string of the molecule is C/C=C\C(=O)OC1CC(O)(C(=O)O)CC(O)C1O. The Bertz CT molecular complexity index is 364. The number of ether oxygens (including phenoxy) is 1. The molecule has 1 saturated carbocycles. The fourth-order valence-electron chi connectivity index (χ4n) is 1.86. The number of carboxylic acid groups (broad SMARTS) is 1. The maximum absolute atomic E-state index is 11.2. The lowest BCUT2D eigenvalue weighted by molar-refractivity contribution is -0.196. The first-order valence-corrected chi connectivity index (χ1v) is 5.45. The quantitative estimate of drug-likeness (QED) is 0.371. The van der Waals surface area contributed by atoms with Crippen molar-refractivity contribution in [3.8, 4) is 0 Å². The molecule has 1 fully saturated rings. The van der Waals surface area contributed by atoms with Crippen LogP contribution < -0.4 is 0 Å². The fourth-order valence-corrected chi connectivity index (χ4v) is 1.86. The maximum Gasteiger partial charge on any atom is 0.335 e. The van der Waals surface area contributed by atoms with Crippen LogP contribution in [0, 0.1) is 0 Å². The number of aliphatic carboxylic acids is 1. The second kappa shape index (κ2) is 5.47. The van der Waals surface area contributed by atoms with E-state index < -0.39 is 48.7 Å². The van der Waals surface area contributed by atoms with Crippen LogP contribution in [0.1, 0.15) is 19.8 Å². The minimum atomic E-state index is -2.21. The second-order valence-electron chi connectivity index (χ2n) is 4.28. The molecule has 0 aromatic rings. The van der Waals surface area contributed by atoms with Gasteiger partial charge in [-0.15, -0.1) is 0 Å². The molecule has 0 aromatic heterocycles. The molecule has 0 aromatic carbocycles. The van der Waals surface area contributed by atoms with Gasteiger partial charge in [-0.05, 0) is 6.92 Å². The summed E-state index contributed by atoms with van der Waals surface area (Å²) in [4.78, 5) is 22.1. The number of esters is 1. The van der Waals surface area contributed by atoms with Gasteiger partial charge in [-0.1, -0.05) is 6.08 Å². The molecule has 4 atom stereocenters. The number of carboxylic acids is 1. The Labute approximate surface area is 103 Å². The van der Waals surface area contributed by atoms with Gasteiger partial charge >= 0.3 is 11.9 Å². The third-order valence-electron chi connectivity index (χ3n) is 2.83. The first-order chi connectivity index (χ1) is 8.30. The van der Waals surface area contributed by atoms with Gasteiger partial charge in [-0.25, -0.2) is 9.59 Å². The molecule has 7 heteroatoms. The number of aliphatic hydroxyl groups is 3. The van der Waals surface area contributed by atoms with Gasteiger partial charge in [-0.3, -0.25) is 0 Å². The van der Waals surface area contributed by atoms with Crippen molar-refractivity contribution in [2.45, 2.75) is 43.7 Å². The molecule has 102 valence electrons.